The van der Waals surface area contributed by atoms with Crippen molar-refractivity contribution >= 4 is 11.6 Å². The summed E-state index contributed by atoms with van der Waals surface area (Å²) in [6.07, 6.45) is 0. The number of hydrogen-bond acceptors (Lipinski definition) is 2. The Labute approximate surface area is 95.5 Å². The topological polar surface area (TPSA) is 40.5 Å². The van der Waals surface area contributed by atoms with Crippen molar-refractivity contribution in [3.05, 3.63) is 27.8 Å². The highest BCUT2D eigenvalue weighted by molar-refractivity contribution is 6.32. The molecule has 0 amide bonds. The van der Waals surface area contributed by atoms with Crippen molar-refractivity contribution in [2.24, 2.45) is 0 Å². The molecular weight excluding hydrogens is 212 g/mol. The molecule has 0 aliphatic heterocycles. The molecule has 2 N–H and O–H groups in total. The van der Waals surface area contributed by atoms with Crippen molar-refractivity contribution in [2.45, 2.75) is 33.1 Å². The van der Waals surface area contributed by atoms with Crippen molar-refractivity contribution in [1.82, 2.24) is 0 Å². The summed E-state index contributed by atoms with van der Waals surface area (Å²) in [7, 11) is 0. The van der Waals surface area contributed by atoms with E-state index >= 15 is 0 Å². The van der Waals surface area contributed by atoms with Gasteiger partial charge in [0.25, 0.3) is 0 Å². The van der Waals surface area contributed by atoms with E-state index in [1.165, 1.54) is 0 Å². The Balaban J connectivity index is 3.49. The van der Waals surface area contributed by atoms with Gasteiger partial charge in [-0.15, -0.1) is 0 Å². The van der Waals surface area contributed by atoms with E-state index in [0.29, 0.717) is 5.02 Å². The lowest BCUT2D eigenvalue weighted by molar-refractivity contribution is 0.214. The lowest BCUT2D eigenvalue weighted by atomic mass is 9.81. The number of phenols is 1. The summed E-state index contributed by atoms with van der Waals surface area (Å²) in [6, 6.07) is 1.93. The molecule has 1 aromatic carbocycles. The van der Waals surface area contributed by atoms with E-state index in [-0.39, 0.29) is 12.4 Å². The largest absolute Gasteiger partial charge is 0.506 e. The number of phenolic OH excluding ortho intramolecular Hbond substituents is 1. The molecule has 2 nitrogen and oxygen atoms in total. The Morgan fingerprint density at radius 1 is 1.27 bits per heavy atom. The molecule has 0 bridgehead atoms. The van der Waals surface area contributed by atoms with Crippen molar-refractivity contribution in [2.75, 3.05) is 6.61 Å². The second-order valence-corrected chi connectivity index (χ2v) is 4.97. The zero-order valence-electron chi connectivity index (χ0n) is 9.56. The van der Waals surface area contributed by atoms with Crippen molar-refractivity contribution in [1.29, 1.82) is 0 Å². The van der Waals surface area contributed by atoms with Gasteiger partial charge in [0, 0.05) is 11.0 Å². The average Bonchev–Trinajstić information content (AvgIpc) is 2.14. The summed E-state index contributed by atoms with van der Waals surface area (Å²) < 4.78 is 0. The molecular formula is C12H17ClO2. The van der Waals surface area contributed by atoms with Crippen LogP contribution in [0.25, 0.3) is 0 Å². The lowest BCUT2D eigenvalue weighted by Crippen LogP contribution is -2.23. The van der Waals surface area contributed by atoms with E-state index in [1.54, 1.807) is 0 Å². The average molecular weight is 229 g/mol. The summed E-state index contributed by atoms with van der Waals surface area (Å²) in [5.41, 5.74) is 2.05. The van der Waals surface area contributed by atoms with E-state index < -0.39 is 5.41 Å². The van der Waals surface area contributed by atoms with Crippen LogP contribution in [-0.2, 0) is 5.41 Å². The summed E-state index contributed by atoms with van der Waals surface area (Å²) >= 11 is 5.99. The van der Waals surface area contributed by atoms with E-state index in [1.807, 2.05) is 33.8 Å². The fourth-order valence-corrected chi connectivity index (χ4v) is 2.03. The van der Waals surface area contributed by atoms with Crippen molar-refractivity contribution < 1.29 is 10.2 Å². The molecule has 0 saturated heterocycles. The van der Waals surface area contributed by atoms with Crippen molar-refractivity contribution in [3.8, 4) is 5.75 Å². The van der Waals surface area contributed by atoms with E-state index in [0.717, 1.165) is 16.7 Å². The Kier molecular flexibility index (Phi) is 3.31. The maximum atomic E-state index is 9.98. The van der Waals surface area contributed by atoms with Gasteiger partial charge in [-0.2, -0.15) is 0 Å². The predicted molar refractivity (Wildman–Crippen MR) is 62.7 cm³/mol. The van der Waals surface area contributed by atoms with Gasteiger partial charge in [-0.25, -0.2) is 0 Å². The van der Waals surface area contributed by atoms with Gasteiger partial charge < -0.3 is 10.2 Å². The van der Waals surface area contributed by atoms with Gasteiger partial charge in [-0.1, -0.05) is 31.5 Å². The first-order valence-electron chi connectivity index (χ1n) is 4.91. The molecule has 3 heteroatoms. The number of halogens is 1. The molecule has 15 heavy (non-hydrogen) atoms. The van der Waals surface area contributed by atoms with Crippen LogP contribution in [0.4, 0.5) is 0 Å². The third kappa shape index (κ3) is 2.11. The van der Waals surface area contributed by atoms with Gasteiger partial charge in [-0.05, 0) is 25.0 Å². The molecule has 0 aromatic heterocycles. The summed E-state index contributed by atoms with van der Waals surface area (Å²) in [4.78, 5) is 0. The normalized spacial score (nSPS) is 11.9. The molecule has 0 atom stereocenters. The van der Waals surface area contributed by atoms with Gasteiger partial charge in [0.15, 0.2) is 0 Å². The summed E-state index contributed by atoms with van der Waals surface area (Å²) in [6.45, 7) is 7.49. The lowest BCUT2D eigenvalue weighted by Gasteiger charge is -2.26. The monoisotopic (exact) mass is 228 g/mol. The van der Waals surface area contributed by atoms with Crippen LogP contribution in [0.3, 0.4) is 0 Å². The van der Waals surface area contributed by atoms with Crippen LogP contribution >= 0.6 is 11.6 Å². The highest BCUT2D eigenvalue weighted by Gasteiger charge is 2.27. The fourth-order valence-electron chi connectivity index (χ4n) is 1.88. The summed E-state index contributed by atoms with van der Waals surface area (Å²) in [5.74, 6) is 0.0909. The third-order valence-corrected chi connectivity index (χ3v) is 3.17. The van der Waals surface area contributed by atoms with Crippen LogP contribution in [0.15, 0.2) is 6.07 Å². The predicted octanol–water partition coefficient (Wildman–Crippen LogP) is 2.93. The van der Waals surface area contributed by atoms with Gasteiger partial charge in [-0.3, -0.25) is 0 Å². The maximum absolute atomic E-state index is 9.98. The number of rotatable bonds is 2. The number of aromatic hydroxyl groups is 1. The first kappa shape index (κ1) is 12.3. The molecule has 0 radical (unpaired) electrons. The minimum atomic E-state index is -0.481. The smallest absolute Gasteiger partial charge is 0.138 e. The Morgan fingerprint density at radius 2 is 1.80 bits per heavy atom. The molecule has 0 fully saturated rings. The van der Waals surface area contributed by atoms with Gasteiger partial charge >= 0.3 is 0 Å². The molecule has 0 heterocycles. The van der Waals surface area contributed by atoms with Crippen LogP contribution in [-0.4, -0.2) is 16.8 Å². The molecule has 0 saturated carbocycles. The van der Waals surface area contributed by atoms with E-state index in [4.69, 9.17) is 11.6 Å². The number of aliphatic hydroxyl groups is 1. The highest BCUT2D eigenvalue weighted by Crippen LogP contribution is 2.40. The minimum Gasteiger partial charge on any atom is -0.506 e. The molecule has 0 aliphatic rings. The van der Waals surface area contributed by atoms with Gasteiger partial charge in [0.05, 0.1) is 11.6 Å². The first-order valence-corrected chi connectivity index (χ1v) is 5.29. The third-order valence-electron chi connectivity index (χ3n) is 2.69. The van der Waals surface area contributed by atoms with Gasteiger partial charge in [0.1, 0.15) is 5.75 Å². The Bertz CT molecular complexity index is 384. The maximum Gasteiger partial charge on any atom is 0.138 e. The quantitative estimate of drug-likeness (QED) is 0.817. The van der Waals surface area contributed by atoms with Crippen LogP contribution in [0.1, 0.15) is 30.5 Å². The van der Waals surface area contributed by atoms with E-state index in [9.17, 15) is 10.2 Å². The first-order chi connectivity index (χ1) is 6.81. The standard InChI is InChI=1S/C12H17ClO2/c1-7-5-8(2)10(13)11(15)9(7)12(3,4)6-14/h5,14-15H,6H2,1-4H3. The SMILES string of the molecule is Cc1cc(C)c(C(C)(C)CO)c(O)c1Cl. The van der Waals surface area contributed by atoms with Crippen LogP contribution < -0.4 is 0 Å². The number of hydrogen-bond donors (Lipinski definition) is 2. The molecule has 0 spiro atoms. The zero-order valence-corrected chi connectivity index (χ0v) is 10.3. The highest BCUT2D eigenvalue weighted by atomic mass is 35.5. The fraction of sp³-hybridized carbons (Fsp3) is 0.500. The number of aliphatic hydroxyl groups excluding tert-OH is 1. The Morgan fingerprint density at radius 3 is 2.27 bits per heavy atom. The second kappa shape index (κ2) is 4.03. The minimum absolute atomic E-state index is 0.0270. The molecule has 0 unspecified atom stereocenters. The van der Waals surface area contributed by atoms with E-state index in [2.05, 4.69) is 0 Å². The van der Waals surface area contributed by atoms with Crippen LogP contribution in [0.2, 0.25) is 5.02 Å². The van der Waals surface area contributed by atoms with Crippen LogP contribution in [0, 0.1) is 13.8 Å². The van der Waals surface area contributed by atoms with Crippen molar-refractivity contribution in [3.63, 3.8) is 0 Å². The molecule has 84 valence electrons. The van der Waals surface area contributed by atoms with Crippen LogP contribution in [0.5, 0.6) is 5.75 Å². The second-order valence-electron chi connectivity index (χ2n) is 4.59. The molecule has 0 aliphatic carbocycles. The molecule has 1 rings (SSSR count). The Hall–Kier alpha value is -0.730. The summed E-state index contributed by atoms with van der Waals surface area (Å²) in [5, 5.41) is 19.7. The molecule has 1 aromatic rings. The zero-order chi connectivity index (χ0) is 11.8. The number of aryl methyl sites for hydroxylation is 2. The van der Waals surface area contributed by atoms with Gasteiger partial charge in [0.2, 0.25) is 0 Å². The number of benzene rings is 1.